The number of benzene rings is 2. The normalized spacial score (nSPS) is 11.8. The van der Waals surface area contributed by atoms with Gasteiger partial charge in [-0.1, -0.05) is 42.5 Å². The summed E-state index contributed by atoms with van der Waals surface area (Å²) in [5.74, 6) is 2.16. The predicted octanol–water partition coefficient (Wildman–Crippen LogP) is 3.74. The second kappa shape index (κ2) is 9.05. The average molecular weight is 365 g/mol. The molecule has 0 bridgehead atoms. The van der Waals surface area contributed by atoms with Crippen molar-refractivity contribution in [2.24, 2.45) is 0 Å². The van der Waals surface area contributed by atoms with Crippen LogP contribution in [-0.2, 0) is 11.2 Å². The van der Waals surface area contributed by atoms with E-state index in [2.05, 4.69) is 5.32 Å². The topological polar surface area (TPSA) is 71.7 Å². The summed E-state index contributed by atoms with van der Waals surface area (Å²) in [4.78, 5) is 12.0. The summed E-state index contributed by atoms with van der Waals surface area (Å²) in [6, 6.07) is 20.8. The summed E-state index contributed by atoms with van der Waals surface area (Å²) in [6.45, 7) is 0.165. The summed E-state index contributed by atoms with van der Waals surface area (Å²) in [7, 11) is 1.59. The lowest BCUT2D eigenvalue weighted by Crippen LogP contribution is -2.28. The monoisotopic (exact) mass is 365 g/mol. The first-order valence-electron chi connectivity index (χ1n) is 8.88. The van der Waals surface area contributed by atoms with Crippen molar-refractivity contribution in [1.29, 1.82) is 0 Å². The number of nitrogens with one attached hydrogen (secondary N) is 1. The highest BCUT2D eigenvalue weighted by Crippen LogP contribution is 2.22. The largest absolute Gasteiger partial charge is 0.497 e. The molecule has 1 aromatic heterocycles. The van der Waals surface area contributed by atoms with Crippen LogP contribution in [0.3, 0.4) is 0 Å². The Hall–Kier alpha value is -3.05. The number of carbonyl (C=O) groups is 1. The van der Waals surface area contributed by atoms with E-state index in [-0.39, 0.29) is 12.5 Å². The number of amides is 1. The average Bonchev–Trinajstić information content (AvgIpc) is 3.20. The van der Waals surface area contributed by atoms with E-state index in [0.29, 0.717) is 12.8 Å². The van der Waals surface area contributed by atoms with E-state index < -0.39 is 6.10 Å². The quantitative estimate of drug-likeness (QED) is 0.638. The molecule has 1 heterocycles. The molecule has 0 aliphatic carbocycles. The zero-order valence-corrected chi connectivity index (χ0v) is 15.2. The van der Waals surface area contributed by atoms with Crippen LogP contribution in [0.15, 0.2) is 71.1 Å². The summed E-state index contributed by atoms with van der Waals surface area (Å²) < 4.78 is 10.9. The highest BCUT2D eigenvalue weighted by Gasteiger charge is 2.11. The first-order valence-corrected chi connectivity index (χ1v) is 8.88. The summed E-state index contributed by atoms with van der Waals surface area (Å²) >= 11 is 0. The maximum absolute atomic E-state index is 12.0. The van der Waals surface area contributed by atoms with Gasteiger partial charge < -0.3 is 19.6 Å². The third kappa shape index (κ3) is 5.21. The molecule has 1 unspecified atom stereocenters. The second-order valence-electron chi connectivity index (χ2n) is 6.23. The van der Waals surface area contributed by atoms with Crippen LogP contribution in [0.25, 0.3) is 11.3 Å². The van der Waals surface area contributed by atoms with Crippen molar-refractivity contribution in [2.45, 2.75) is 18.9 Å². The number of hydrogen-bond acceptors (Lipinski definition) is 4. The Bertz CT molecular complexity index is 856. The number of aliphatic hydroxyl groups is 1. The van der Waals surface area contributed by atoms with Crippen LogP contribution in [0, 0.1) is 0 Å². The molecule has 0 aliphatic rings. The zero-order valence-electron chi connectivity index (χ0n) is 15.2. The molecule has 2 aromatic carbocycles. The first kappa shape index (κ1) is 18.7. The Morgan fingerprint density at radius 2 is 1.81 bits per heavy atom. The van der Waals surface area contributed by atoms with Gasteiger partial charge in [-0.15, -0.1) is 0 Å². The molecular formula is C22H23NO4. The maximum Gasteiger partial charge on any atom is 0.220 e. The summed E-state index contributed by atoms with van der Waals surface area (Å²) in [6.07, 6.45) is 0.0575. The fourth-order valence-corrected chi connectivity index (χ4v) is 2.75. The minimum Gasteiger partial charge on any atom is -0.497 e. The fraction of sp³-hybridized carbons (Fsp3) is 0.227. The Kier molecular flexibility index (Phi) is 6.28. The summed E-state index contributed by atoms with van der Waals surface area (Å²) in [5, 5.41) is 12.9. The molecule has 1 amide bonds. The van der Waals surface area contributed by atoms with Gasteiger partial charge in [0.15, 0.2) is 0 Å². The van der Waals surface area contributed by atoms with E-state index in [9.17, 15) is 9.90 Å². The minimum atomic E-state index is -0.756. The van der Waals surface area contributed by atoms with Gasteiger partial charge in [-0.3, -0.25) is 4.79 Å². The van der Waals surface area contributed by atoms with Crippen LogP contribution < -0.4 is 10.1 Å². The standard InChI is InChI=1S/C22H23NO4/c1-26-18-9-7-16(8-10-18)20(24)15-23-22(25)14-12-19-11-13-21(27-19)17-5-3-2-4-6-17/h2-11,13,20,24H,12,14-15H2,1H3,(H,23,25). The molecule has 0 aliphatic heterocycles. The third-order valence-corrected chi connectivity index (χ3v) is 4.31. The van der Waals surface area contributed by atoms with E-state index in [1.807, 2.05) is 42.5 Å². The lowest BCUT2D eigenvalue weighted by molar-refractivity contribution is -0.121. The summed E-state index contributed by atoms with van der Waals surface area (Å²) in [5.41, 5.74) is 1.74. The van der Waals surface area contributed by atoms with Crippen molar-refractivity contribution in [3.63, 3.8) is 0 Å². The molecule has 140 valence electrons. The Balaban J connectivity index is 1.45. The van der Waals surface area contributed by atoms with Gasteiger partial charge in [0.2, 0.25) is 5.91 Å². The zero-order chi connectivity index (χ0) is 19.1. The Labute approximate surface area is 158 Å². The van der Waals surface area contributed by atoms with Crippen LogP contribution in [0.5, 0.6) is 5.75 Å². The minimum absolute atomic E-state index is 0.125. The van der Waals surface area contributed by atoms with Crippen molar-refractivity contribution < 1.29 is 19.1 Å². The molecule has 0 radical (unpaired) electrons. The van der Waals surface area contributed by atoms with Crippen LogP contribution in [0.4, 0.5) is 0 Å². The van der Waals surface area contributed by atoms with Gasteiger partial charge in [-0.05, 0) is 29.8 Å². The highest BCUT2D eigenvalue weighted by atomic mass is 16.5. The van der Waals surface area contributed by atoms with Crippen molar-refractivity contribution in [3.8, 4) is 17.1 Å². The lowest BCUT2D eigenvalue weighted by atomic mass is 10.1. The molecule has 0 saturated heterocycles. The Morgan fingerprint density at radius 3 is 2.52 bits per heavy atom. The Morgan fingerprint density at radius 1 is 1.07 bits per heavy atom. The van der Waals surface area contributed by atoms with E-state index in [0.717, 1.165) is 28.4 Å². The predicted molar refractivity (Wildman–Crippen MR) is 103 cm³/mol. The highest BCUT2D eigenvalue weighted by molar-refractivity contribution is 5.76. The van der Waals surface area contributed by atoms with Gasteiger partial charge in [0.05, 0.1) is 13.2 Å². The maximum atomic E-state index is 12.0. The molecule has 3 rings (SSSR count). The number of furan rings is 1. The molecule has 5 heteroatoms. The fourth-order valence-electron chi connectivity index (χ4n) is 2.75. The smallest absolute Gasteiger partial charge is 0.220 e. The number of methoxy groups -OCH3 is 1. The molecule has 27 heavy (non-hydrogen) atoms. The van der Waals surface area contributed by atoms with Crippen molar-refractivity contribution in [1.82, 2.24) is 5.32 Å². The molecule has 1 atom stereocenters. The van der Waals surface area contributed by atoms with Gasteiger partial charge in [-0.25, -0.2) is 0 Å². The van der Waals surface area contributed by atoms with Gasteiger partial charge in [0.25, 0.3) is 0 Å². The van der Waals surface area contributed by atoms with Gasteiger partial charge in [0.1, 0.15) is 17.3 Å². The number of rotatable bonds is 8. The van der Waals surface area contributed by atoms with Crippen molar-refractivity contribution in [3.05, 3.63) is 78.1 Å². The van der Waals surface area contributed by atoms with Crippen LogP contribution in [0.1, 0.15) is 23.8 Å². The number of carbonyl (C=O) groups excluding carboxylic acids is 1. The van der Waals surface area contributed by atoms with Crippen molar-refractivity contribution in [2.75, 3.05) is 13.7 Å². The molecule has 3 aromatic rings. The SMILES string of the molecule is COc1ccc(C(O)CNC(=O)CCc2ccc(-c3ccccc3)o2)cc1. The lowest BCUT2D eigenvalue weighted by Gasteiger charge is -2.12. The van der Waals surface area contributed by atoms with Gasteiger partial charge >= 0.3 is 0 Å². The molecule has 2 N–H and O–H groups in total. The third-order valence-electron chi connectivity index (χ3n) is 4.31. The van der Waals surface area contributed by atoms with Crippen LogP contribution in [-0.4, -0.2) is 24.7 Å². The van der Waals surface area contributed by atoms with Gasteiger partial charge in [-0.2, -0.15) is 0 Å². The van der Waals surface area contributed by atoms with Crippen molar-refractivity contribution >= 4 is 5.91 Å². The number of hydrogen-bond donors (Lipinski definition) is 2. The first-order chi connectivity index (χ1) is 13.2. The van der Waals surface area contributed by atoms with E-state index in [1.54, 1.807) is 31.4 Å². The van der Waals surface area contributed by atoms with Gasteiger partial charge in [0, 0.05) is 24.9 Å². The van der Waals surface area contributed by atoms with E-state index >= 15 is 0 Å². The van der Waals surface area contributed by atoms with Crippen LogP contribution in [0.2, 0.25) is 0 Å². The van der Waals surface area contributed by atoms with E-state index in [4.69, 9.17) is 9.15 Å². The molecule has 0 saturated carbocycles. The molecular weight excluding hydrogens is 342 g/mol. The van der Waals surface area contributed by atoms with E-state index in [1.165, 1.54) is 0 Å². The number of aryl methyl sites for hydroxylation is 1. The molecule has 0 fully saturated rings. The molecule has 5 nitrogen and oxygen atoms in total. The number of ether oxygens (including phenoxy) is 1. The molecule has 0 spiro atoms. The van der Waals surface area contributed by atoms with Crippen LogP contribution >= 0.6 is 0 Å². The second-order valence-corrected chi connectivity index (χ2v) is 6.23. The number of aliphatic hydroxyl groups excluding tert-OH is 1.